The molecule has 2 atom stereocenters. The third-order valence-corrected chi connectivity index (χ3v) is 5.31. The predicted octanol–water partition coefficient (Wildman–Crippen LogP) is 6.72. The van der Waals surface area contributed by atoms with Gasteiger partial charge in [0.25, 0.3) is 0 Å². The molecule has 0 saturated carbocycles. The molecular formula is C22H44O3. The number of hydrogen-bond acceptors (Lipinski definition) is 2. The normalized spacial score (nSPS) is 13.7. The summed E-state index contributed by atoms with van der Waals surface area (Å²) in [6, 6.07) is 0. The monoisotopic (exact) mass is 356 g/mol. The van der Waals surface area contributed by atoms with Gasteiger partial charge in [-0.05, 0) is 25.2 Å². The van der Waals surface area contributed by atoms with E-state index in [1.807, 2.05) is 0 Å². The van der Waals surface area contributed by atoms with Gasteiger partial charge in [-0.2, -0.15) is 0 Å². The maximum absolute atomic E-state index is 10.4. The van der Waals surface area contributed by atoms with E-state index in [1.54, 1.807) is 0 Å². The summed E-state index contributed by atoms with van der Waals surface area (Å²) in [5.74, 6) is -0.210. The number of aliphatic carboxylic acids is 1. The SMILES string of the molecule is CCCCC[C@H](O)[C@H](C)CCCCCCCCCCCCCC(=O)O. The van der Waals surface area contributed by atoms with Crippen molar-refractivity contribution in [3.05, 3.63) is 0 Å². The molecule has 0 aromatic heterocycles. The Morgan fingerprint density at radius 1 is 0.720 bits per heavy atom. The van der Waals surface area contributed by atoms with E-state index in [0.717, 1.165) is 19.3 Å². The quantitative estimate of drug-likeness (QED) is 0.253. The molecule has 0 aromatic rings. The highest BCUT2D eigenvalue weighted by molar-refractivity contribution is 5.66. The number of rotatable bonds is 19. The average molecular weight is 357 g/mol. The smallest absolute Gasteiger partial charge is 0.303 e. The van der Waals surface area contributed by atoms with Crippen LogP contribution in [0.2, 0.25) is 0 Å². The lowest BCUT2D eigenvalue weighted by Gasteiger charge is -2.18. The Labute approximate surface area is 156 Å². The van der Waals surface area contributed by atoms with Crippen molar-refractivity contribution in [1.82, 2.24) is 0 Å². The van der Waals surface area contributed by atoms with E-state index in [4.69, 9.17) is 5.11 Å². The molecule has 0 fully saturated rings. The van der Waals surface area contributed by atoms with Crippen molar-refractivity contribution >= 4 is 5.97 Å². The largest absolute Gasteiger partial charge is 0.481 e. The Morgan fingerprint density at radius 2 is 1.16 bits per heavy atom. The zero-order valence-electron chi connectivity index (χ0n) is 17.0. The van der Waals surface area contributed by atoms with E-state index in [-0.39, 0.29) is 6.10 Å². The van der Waals surface area contributed by atoms with Crippen molar-refractivity contribution in [1.29, 1.82) is 0 Å². The maximum atomic E-state index is 10.4. The summed E-state index contributed by atoms with van der Waals surface area (Å²) in [7, 11) is 0. The lowest BCUT2D eigenvalue weighted by Crippen LogP contribution is -2.17. The molecule has 25 heavy (non-hydrogen) atoms. The molecule has 0 aliphatic rings. The third-order valence-electron chi connectivity index (χ3n) is 5.31. The molecule has 0 spiro atoms. The van der Waals surface area contributed by atoms with Crippen molar-refractivity contribution in [3.63, 3.8) is 0 Å². The lowest BCUT2D eigenvalue weighted by atomic mass is 9.93. The standard InChI is InChI=1S/C22H44O3/c1-3-4-14-18-21(23)20(2)17-15-12-10-8-6-5-7-9-11-13-16-19-22(24)25/h20-21,23H,3-19H2,1-2H3,(H,24,25)/t20-,21+/m1/s1. The molecule has 0 aliphatic carbocycles. The van der Waals surface area contributed by atoms with Crippen LogP contribution in [0.4, 0.5) is 0 Å². The highest BCUT2D eigenvalue weighted by Crippen LogP contribution is 2.19. The second-order valence-corrected chi connectivity index (χ2v) is 7.86. The lowest BCUT2D eigenvalue weighted by molar-refractivity contribution is -0.137. The molecule has 0 amide bonds. The summed E-state index contributed by atoms with van der Waals surface area (Å²) in [6.45, 7) is 4.41. The highest BCUT2D eigenvalue weighted by atomic mass is 16.4. The summed E-state index contributed by atoms with van der Waals surface area (Å²) in [6.07, 6.45) is 19.6. The number of aliphatic hydroxyl groups excluding tert-OH is 1. The Kier molecular flexibility index (Phi) is 17.8. The van der Waals surface area contributed by atoms with Crippen molar-refractivity contribution < 1.29 is 15.0 Å². The van der Waals surface area contributed by atoms with E-state index in [0.29, 0.717) is 12.3 Å². The minimum Gasteiger partial charge on any atom is -0.481 e. The average Bonchev–Trinajstić information content (AvgIpc) is 2.58. The van der Waals surface area contributed by atoms with Gasteiger partial charge in [0, 0.05) is 6.42 Å². The summed E-state index contributed by atoms with van der Waals surface area (Å²) in [5.41, 5.74) is 0. The number of hydrogen-bond donors (Lipinski definition) is 2. The fourth-order valence-electron chi connectivity index (χ4n) is 3.41. The van der Waals surface area contributed by atoms with Gasteiger partial charge in [-0.3, -0.25) is 4.79 Å². The molecule has 0 aromatic carbocycles. The Morgan fingerprint density at radius 3 is 1.64 bits per heavy atom. The second kappa shape index (κ2) is 18.2. The molecule has 0 bridgehead atoms. The first-order valence-corrected chi connectivity index (χ1v) is 11.0. The summed E-state index contributed by atoms with van der Waals surface area (Å²) < 4.78 is 0. The first-order valence-electron chi connectivity index (χ1n) is 11.0. The number of carboxylic acid groups (broad SMARTS) is 1. The Balaban J connectivity index is 3.24. The molecule has 0 rings (SSSR count). The highest BCUT2D eigenvalue weighted by Gasteiger charge is 2.12. The number of carbonyl (C=O) groups is 1. The van der Waals surface area contributed by atoms with Crippen LogP contribution in [0.15, 0.2) is 0 Å². The number of unbranched alkanes of at least 4 members (excludes halogenated alkanes) is 12. The van der Waals surface area contributed by atoms with Crippen LogP contribution in [0, 0.1) is 5.92 Å². The second-order valence-electron chi connectivity index (χ2n) is 7.86. The fourth-order valence-corrected chi connectivity index (χ4v) is 3.41. The van der Waals surface area contributed by atoms with Gasteiger partial charge in [0.05, 0.1) is 6.10 Å². The zero-order valence-corrected chi connectivity index (χ0v) is 17.0. The van der Waals surface area contributed by atoms with Crippen LogP contribution in [0.25, 0.3) is 0 Å². The van der Waals surface area contributed by atoms with Crippen LogP contribution in [-0.4, -0.2) is 22.3 Å². The zero-order chi connectivity index (χ0) is 18.8. The number of aliphatic hydroxyl groups is 1. The van der Waals surface area contributed by atoms with Crippen molar-refractivity contribution in [2.24, 2.45) is 5.92 Å². The van der Waals surface area contributed by atoms with Crippen LogP contribution in [0.5, 0.6) is 0 Å². The maximum Gasteiger partial charge on any atom is 0.303 e. The number of carboxylic acids is 1. The molecule has 0 radical (unpaired) electrons. The van der Waals surface area contributed by atoms with Gasteiger partial charge in [-0.25, -0.2) is 0 Å². The first-order chi connectivity index (χ1) is 12.1. The molecule has 0 saturated heterocycles. The molecular weight excluding hydrogens is 312 g/mol. The van der Waals surface area contributed by atoms with Crippen LogP contribution in [0.1, 0.15) is 123 Å². The van der Waals surface area contributed by atoms with Crippen molar-refractivity contribution in [2.45, 2.75) is 129 Å². The summed E-state index contributed by atoms with van der Waals surface area (Å²) in [4.78, 5) is 10.4. The van der Waals surface area contributed by atoms with E-state index >= 15 is 0 Å². The van der Waals surface area contributed by atoms with Crippen LogP contribution < -0.4 is 0 Å². The first kappa shape index (κ1) is 24.4. The Hall–Kier alpha value is -0.570. The molecule has 2 N–H and O–H groups in total. The molecule has 0 heterocycles. The van der Waals surface area contributed by atoms with E-state index in [9.17, 15) is 9.90 Å². The van der Waals surface area contributed by atoms with Gasteiger partial charge in [-0.1, -0.05) is 97.3 Å². The predicted molar refractivity (Wildman–Crippen MR) is 107 cm³/mol. The van der Waals surface area contributed by atoms with Gasteiger partial charge in [0.15, 0.2) is 0 Å². The summed E-state index contributed by atoms with van der Waals surface area (Å²) >= 11 is 0. The minimum absolute atomic E-state index is 0.0953. The molecule has 0 aliphatic heterocycles. The van der Waals surface area contributed by atoms with Gasteiger partial charge in [-0.15, -0.1) is 0 Å². The molecule has 3 nitrogen and oxygen atoms in total. The minimum atomic E-state index is -0.666. The molecule has 0 unspecified atom stereocenters. The topological polar surface area (TPSA) is 57.5 Å². The molecule has 150 valence electrons. The van der Waals surface area contributed by atoms with Gasteiger partial charge in [0.2, 0.25) is 0 Å². The summed E-state index contributed by atoms with van der Waals surface area (Å²) in [5, 5.41) is 18.7. The van der Waals surface area contributed by atoms with Crippen LogP contribution >= 0.6 is 0 Å². The van der Waals surface area contributed by atoms with Gasteiger partial charge in [0.1, 0.15) is 0 Å². The van der Waals surface area contributed by atoms with E-state index in [2.05, 4.69) is 13.8 Å². The molecule has 3 heteroatoms. The van der Waals surface area contributed by atoms with E-state index in [1.165, 1.54) is 83.5 Å². The fraction of sp³-hybridized carbons (Fsp3) is 0.955. The Bertz CT molecular complexity index is 291. The van der Waals surface area contributed by atoms with Gasteiger partial charge < -0.3 is 10.2 Å². The van der Waals surface area contributed by atoms with Crippen LogP contribution in [-0.2, 0) is 4.79 Å². The van der Waals surface area contributed by atoms with Crippen molar-refractivity contribution in [3.8, 4) is 0 Å². The van der Waals surface area contributed by atoms with Gasteiger partial charge >= 0.3 is 5.97 Å². The van der Waals surface area contributed by atoms with Crippen LogP contribution in [0.3, 0.4) is 0 Å². The van der Waals surface area contributed by atoms with E-state index < -0.39 is 5.97 Å². The third kappa shape index (κ3) is 18.0. The van der Waals surface area contributed by atoms with Crippen molar-refractivity contribution in [2.75, 3.05) is 0 Å².